The number of hydrogen-bond donors (Lipinski definition) is 1. The minimum Gasteiger partial charge on any atom is -0.460 e. The minimum atomic E-state index is -0.462. The first-order chi connectivity index (χ1) is 9.04. The monoisotopic (exact) mass is 268 g/mol. The predicted molar refractivity (Wildman–Crippen MR) is 72.1 cm³/mol. The number of ether oxygens (including phenoxy) is 2. The van der Waals surface area contributed by atoms with Crippen LogP contribution in [-0.4, -0.2) is 25.4 Å². The molecule has 0 spiro atoms. The van der Waals surface area contributed by atoms with E-state index < -0.39 is 4.92 Å². The zero-order valence-electron chi connectivity index (χ0n) is 11.5. The highest BCUT2D eigenvalue weighted by Crippen LogP contribution is 2.27. The molecular weight excluding hydrogens is 248 g/mol. The third kappa shape index (κ3) is 5.23. The van der Waals surface area contributed by atoms with Gasteiger partial charge in [0.1, 0.15) is 0 Å². The molecular formula is C13H20N2O4. The van der Waals surface area contributed by atoms with Gasteiger partial charge >= 0.3 is 5.69 Å². The number of nitro benzene ring substituents is 1. The Morgan fingerprint density at radius 3 is 2.74 bits per heavy atom. The number of nitrogens with zero attached hydrogens (tertiary/aromatic N) is 1. The standard InChI is InChI=1S/C13H20N2O4/c1-10(2)7-14-8-11-4-5-12(15(16)17)13(6-11)19-9-18-3/h4-6,10,14H,7-9H2,1-3H3. The van der Waals surface area contributed by atoms with Crippen LogP contribution >= 0.6 is 0 Å². The molecule has 0 bridgehead atoms. The molecule has 0 aliphatic carbocycles. The molecule has 0 radical (unpaired) electrons. The zero-order chi connectivity index (χ0) is 14.3. The first-order valence-electron chi connectivity index (χ1n) is 6.14. The van der Waals surface area contributed by atoms with E-state index in [0.29, 0.717) is 12.5 Å². The molecule has 6 nitrogen and oxygen atoms in total. The smallest absolute Gasteiger partial charge is 0.311 e. The van der Waals surface area contributed by atoms with Gasteiger partial charge in [-0.15, -0.1) is 0 Å². The Hall–Kier alpha value is -1.66. The molecule has 0 aliphatic heterocycles. The highest BCUT2D eigenvalue weighted by molar-refractivity contribution is 5.48. The molecule has 0 amide bonds. The molecule has 0 heterocycles. The summed E-state index contributed by atoms with van der Waals surface area (Å²) in [5, 5.41) is 14.1. The third-order valence-corrected chi connectivity index (χ3v) is 2.43. The molecule has 1 aromatic rings. The van der Waals surface area contributed by atoms with Crippen LogP contribution in [0.2, 0.25) is 0 Å². The first-order valence-corrected chi connectivity index (χ1v) is 6.14. The second-order valence-electron chi connectivity index (χ2n) is 4.63. The van der Waals surface area contributed by atoms with Crippen molar-refractivity contribution in [3.8, 4) is 5.75 Å². The van der Waals surface area contributed by atoms with Crippen molar-refractivity contribution in [1.29, 1.82) is 0 Å². The summed E-state index contributed by atoms with van der Waals surface area (Å²) in [5.41, 5.74) is 0.891. The maximum absolute atomic E-state index is 10.9. The topological polar surface area (TPSA) is 73.6 Å². The Kier molecular flexibility index (Phi) is 6.24. The normalized spacial score (nSPS) is 10.7. The Morgan fingerprint density at radius 1 is 1.42 bits per heavy atom. The lowest BCUT2D eigenvalue weighted by Gasteiger charge is -2.10. The van der Waals surface area contributed by atoms with Crippen molar-refractivity contribution >= 4 is 5.69 Å². The van der Waals surface area contributed by atoms with Crippen molar-refractivity contribution < 1.29 is 14.4 Å². The van der Waals surface area contributed by atoms with Crippen LogP contribution < -0.4 is 10.1 Å². The van der Waals surface area contributed by atoms with E-state index in [4.69, 9.17) is 9.47 Å². The zero-order valence-corrected chi connectivity index (χ0v) is 11.5. The maximum Gasteiger partial charge on any atom is 0.311 e. The van der Waals surface area contributed by atoms with Crippen LogP contribution in [0, 0.1) is 16.0 Å². The minimum absolute atomic E-state index is 0.0102. The first kappa shape index (κ1) is 15.4. The van der Waals surface area contributed by atoms with Crippen LogP contribution in [0.3, 0.4) is 0 Å². The average Bonchev–Trinajstić information content (AvgIpc) is 2.35. The van der Waals surface area contributed by atoms with Gasteiger partial charge in [0.15, 0.2) is 12.5 Å². The number of benzene rings is 1. The summed E-state index contributed by atoms with van der Waals surface area (Å²) >= 11 is 0. The number of methoxy groups -OCH3 is 1. The number of nitrogens with one attached hydrogen (secondary N) is 1. The van der Waals surface area contributed by atoms with Gasteiger partial charge in [-0.2, -0.15) is 0 Å². The second-order valence-corrected chi connectivity index (χ2v) is 4.63. The largest absolute Gasteiger partial charge is 0.460 e. The van der Waals surface area contributed by atoms with Gasteiger partial charge in [0.25, 0.3) is 0 Å². The highest BCUT2D eigenvalue weighted by Gasteiger charge is 2.15. The average molecular weight is 268 g/mol. The second kappa shape index (κ2) is 7.70. The van der Waals surface area contributed by atoms with Crippen LogP contribution in [-0.2, 0) is 11.3 Å². The van der Waals surface area contributed by atoms with Crippen LogP contribution in [0.1, 0.15) is 19.4 Å². The molecule has 0 saturated heterocycles. The fourth-order valence-electron chi connectivity index (χ4n) is 1.56. The molecule has 0 saturated carbocycles. The van der Waals surface area contributed by atoms with Gasteiger partial charge in [0, 0.05) is 19.7 Å². The molecule has 1 aromatic carbocycles. The lowest BCUT2D eigenvalue weighted by molar-refractivity contribution is -0.386. The van der Waals surface area contributed by atoms with Crippen LogP contribution in [0.5, 0.6) is 5.75 Å². The summed E-state index contributed by atoms with van der Waals surface area (Å²) in [6, 6.07) is 4.85. The van der Waals surface area contributed by atoms with Gasteiger partial charge < -0.3 is 14.8 Å². The van der Waals surface area contributed by atoms with E-state index >= 15 is 0 Å². The van der Waals surface area contributed by atoms with E-state index in [1.165, 1.54) is 13.2 Å². The van der Waals surface area contributed by atoms with Crippen LogP contribution in [0.4, 0.5) is 5.69 Å². The number of nitro groups is 1. The maximum atomic E-state index is 10.9. The number of hydrogen-bond acceptors (Lipinski definition) is 5. The van der Waals surface area contributed by atoms with Gasteiger partial charge in [-0.3, -0.25) is 10.1 Å². The van der Waals surface area contributed by atoms with Crippen molar-refractivity contribution in [2.75, 3.05) is 20.4 Å². The van der Waals surface area contributed by atoms with Crippen molar-refractivity contribution in [2.45, 2.75) is 20.4 Å². The number of rotatable bonds is 8. The molecule has 1 N–H and O–H groups in total. The lowest BCUT2D eigenvalue weighted by Crippen LogP contribution is -2.19. The predicted octanol–water partition coefficient (Wildman–Crippen LogP) is 2.32. The van der Waals surface area contributed by atoms with E-state index in [2.05, 4.69) is 19.2 Å². The van der Waals surface area contributed by atoms with E-state index in [1.54, 1.807) is 12.1 Å². The van der Waals surface area contributed by atoms with Crippen LogP contribution in [0.25, 0.3) is 0 Å². The summed E-state index contributed by atoms with van der Waals surface area (Å²) in [5.74, 6) is 0.790. The Morgan fingerprint density at radius 2 is 2.16 bits per heavy atom. The van der Waals surface area contributed by atoms with E-state index in [9.17, 15) is 10.1 Å². The molecule has 0 fully saturated rings. The molecule has 0 aromatic heterocycles. The summed E-state index contributed by atoms with van der Waals surface area (Å²) in [6.45, 7) is 5.78. The van der Waals surface area contributed by atoms with E-state index in [0.717, 1.165) is 12.1 Å². The summed E-state index contributed by atoms with van der Waals surface area (Å²) in [4.78, 5) is 10.4. The SMILES string of the molecule is COCOc1cc(CNCC(C)C)ccc1[N+](=O)[O-]. The molecule has 1 rings (SSSR count). The highest BCUT2D eigenvalue weighted by atomic mass is 16.7. The molecule has 6 heteroatoms. The van der Waals surface area contributed by atoms with Gasteiger partial charge in [-0.1, -0.05) is 19.9 Å². The van der Waals surface area contributed by atoms with Gasteiger partial charge in [0.2, 0.25) is 0 Å². The molecule has 0 unspecified atom stereocenters. The summed E-state index contributed by atoms with van der Waals surface area (Å²) in [7, 11) is 1.47. The Labute approximate surface area is 112 Å². The lowest BCUT2D eigenvalue weighted by atomic mass is 10.1. The van der Waals surface area contributed by atoms with Gasteiger partial charge in [-0.05, 0) is 24.1 Å². The summed E-state index contributed by atoms with van der Waals surface area (Å²) in [6.07, 6.45) is 0. The van der Waals surface area contributed by atoms with Crippen LogP contribution in [0.15, 0.2) is 18.2 Å². The molecule has 19 heavy (non-hydrogen) atoms. The van der Waals surface area contributed by atoms with Gasteiger partial charge in [0.05, 0.1) is 4.92 Å². The molecule has 0 aliphatic rings. The Balaban J connectivity index is 2.76. The molecule has 0 atom stereocenters. The van der Waals surface area contributed by atoms with Crippen molar-refractivity contribution in [1.82, 2.24) is 5.32 Å². The fourth-order valence-corrected chi connectivity index (χ4v) is 1.56. The van der Waals surface area contributed by atoms with E-state index in [-0.39, 0.29) is 18.2 Å². The van der Waals surface area contributed by atoms with Crippen molar-refractivity contribution in [3.63, 3.8) is 0 Å². The fraction of sp³-hybridized carbons (Fsp3) is 0.538. The van der Waals surface area contributed by atoms with Crippen molar-refractivity contribution in [2.24, 2.45) is 5.92 Å². The van der Waals surface area contributed by atoms with Gasteiger partial charge in [-0.25, -0.2) is 0 Å². The molecule has 106 valence electrons. The summed E-state index contributed by atoms with van der Waals surface area (Å²) < 4.78 is 10.00. The van der Waals surface area contributed by atoms with E-state index in [1.807, 2.05) is 0 Å². The Bertz CT molecular complexity index is 421. The third-order valence-electron chi connectivity index (χ3n) is 2.43. The van der Waals surface area contributed by atoms with Crippen molar-refractivity contribution in [3.05, 3.63) is 33.9 Å². The quantitative estimate of drug-likeness (QED) is 0.445.